The second kappa shape index (κ2) is 8.96. The number of nitrogens with zero attached hydrogens (tertiary/aromatic N) is 3. The van der Waals surface area contributed by atoms with E-state index in [-0.39, 0.29) is 29.5 Å². The average molecular weight is 397 g/mol. The highest BCUT2D eigenvalue weighted by molar-refractivity contribution is 5.92. The van der Waals surface area contributed by atoms with Gasteiger partial charge < -0.3 is 4.90 Å². The number of hydrogen-bond donors (Lipinski definition) is 0. The van der Waals surface area contributed by atoms with Crippen LogP contribution in [0.5, 0.6) is 0 Å². The average Bonchev–Trinajstić information content (AvgIpc) is 2.70. The zero-order valence-electron chi connectivity index (χ0n) is 16.5. The Kier molecular flexibility index (Phi) is 6.39. The van der Waals surface area contributed by atoms with Crippen LogP contribution in [0.1, 0.15) is 25.0 Å². The summed E-state index contributed by atoms with van der Waals surface area (Å²) >= 11 is 0. The van der Waals surface area contributed by atoms with E-state index < -0.39 is 4.92 Å². The van der Waals surface area contributed by atoms with Crippen LogP contribution < -0.4 is 0 Å². The molecule has 152 valence electrons. The lowest BCUT2D eigenvalue weighted by molar-refractivity contribution is -0.384. The number of hydrogen-bond acceptors (Lipinski definition) is 4. The van der Waals surface area contributed by atoms with Gasteiger partial charge in [-0.3, -0.25) is 19.8 Å². The van der Waals surface area contributed by atoms with E-state index in [0.29, 0.717) is 13.1 Å². The summed E-state index contributed by atoms with van der Waals surface area (Å²) in [4.78, 5) is 27.1. The molecule has 1 saturated heterocycles. The number of nitro groups is 1. The van der Waals surface area contributed by atoms with Gasteiger partial charge in [0.2, 0.25) is 5.91 Å². The van der Waals surface area contributed by atoms with Crippen molar-refractivity contribution in [1.29, 1.82) is 0 Å². The Bertz CT molecular complexity index is 897. The molecule has 3 rings (SSSR count). The molecule has 6 nitrogen and oxygen atoms in total. The van der Waals surface area contributed by atoms with Gasteiger partial charge in [0.25, 0.3) is 5.69 Å². The fourth-order valence-corrected chi connectivity index (χ4v) is 3.52. The van der Waals surface area contributed by atoms with Crippen molar-refractivity contribution >= 4 is 17.7 Å². The van der Waals surface area contributed by atoms with Crippen LogP contribution in [0.3, 0.4) is 0 Å². The fourth-order valence-electron chi connectivity index (χ4n) is 3.52. The predicted molar refractivity (Wildman–Crippen MR) is 110 cm³/mol. The van der Waals surface area contributed by atoms with Gasteiger partial charge in [-0.15, -0.1) is 0 Å². The summed E-state index contributed by atoms with van der Waals surface area (Å²) in [6.45, 7) is 6.14. The molecule has 1 heterocycles. The van der Waals surface area contributed by atoms with Crippen LogP contribution >= 0.6 is 0 Å². The predicted octanol–water partition coefficient (Wildman–Crippen LogP) is 3.87. The first-order valence-electron chi connectivity index (χ1n) is 9.55. The third-order valence-corrected chi connectivity index (χ3v) is 5.22. The highest BCUT2D eigenvalue weighted by Gasteiger charge is 2.30. The Labute approximate surface area is 169 Å². The summed E-state index contributed by atoms with van der Waals surface area (Å²) in [7, 11) is 0. The molecule has 2 atom stereocenters. The van der Waals surface area contributed by atoms with Crippen molar-refractivity contribution < 1.29 is 14.1 Å². The molecule has 0 aromatic heterocycles. The normalized spacial score (nSPS) is 20.2. The minimum Gasteiger partial charge on any atom is -0.334 e. The zero-order chi connectivity index (χ0) is 21.0. The molecule has 2 unspecified atom stereocenters. The molecule has 7 heteroatoms. The smallest absolute Gasteiger partial charge is 0.269 e. The van der Waals surface area contributed by atoms with Crippen molar-refractivity contribution in [2.24, 2.45) is 0 Å². The Balaban J connectivity index is 1.60. The molecule has 1 aliphatic rings. The number of nitro benzene ring substituents is 1. The van der Waals surface area contributed by atoms with Crippen LogP contribution in [0.25, 0.3) is 6.08 Å². The third kappa shape index (κ3) is 5.26. The number of non-ortho nitro benzene ring substituents is 1. The molecular formula is C22H24FN3O3. The Morgan fingerprint density at radius 3 is 2.38 bits per heavy atom. The van der Waals surface area contributed by atoms with Gasteiger partial charge in [0.1, 0.15) is 5.82 Å². The summed E-state index contributed by atoms with van der Waals surface area (Å²) in [6.07, 6.45) is 3.19. The van der Waals surface area contributed by atoms with E-state index in [0.717, 1.165) is 17.7 Å². The lowest BCUT2D eigenvalue weighted by Crippen LogP contribution is -2.57. The molecule has 0 spiro atoms. The van der Waals surface area contributed by atoms with E-state index in [1.54, 1.807) is 30.3 Å². The highest BCUT2D eigenvalue weighted by atomic mass is 19.1. The van der Waals surface area contributed by atoms with Gasteiger partial charge >= 0.3 is 0 Å². The van der Waals surface area contributed by atoms with Gasteiger partial charge in [-0.1, -0.05) is 12.1 Å². The van der Waals surface area contributed by atoms with Crippen molar-refractivity contribution in [3.05, 3.63) is 81.7 Å². The second-order valence-corrected chi connectivity index (χ2v) is 7.43. The molecule has 2 aromatic rings. The molecule has 0 aliphatic carbocycles. The summed E-state index contributed by atoms with van der Waals surface area (Å²) < 4.78 is 13.1. The number of benzene rings is 2. The first-order chi connectivity index (χ1) is 13.8. The quantitative estimate of drug-likeness (QED) is 0.436. The van der Waals surface area contributed by atoms with E-state index in [9.17, 15) is 19.3 Å². The van der Waals surface area contributed by atoms with Gasteiger partial charge in [-0.25, -0.2) is 4.39 Å². The Hall–Kier alpha value is -3.06. The molecule has 0 saturated carbocycles. The number of piperazine rings is 1. The van der Waals surface area contributed by atoms with E-state index >= 15 is 0 Å². The van der Waals surface area contributed by atoms with Crippen molar-refractivity contribution in [1.82, 2.24) is 9.80 Å². The van der Waals surface area contributed by atoms with E-state index in [1.165, 1.54) is 30.3 Å². The second-order valence-electron chi connectivity index (χ2n) is 7.43. The molecule has 29 heavy (non-hydrogen) atoms. The summed E-state index contributed by atoms with van der Waals surface area (Å²) in [5, 5.41) is 10.7. The molecule has 1 aliphatic heterocycles. The van der Waals surface area contributed by atoms with Crippen molar-refractivity contribution in [3.8, 4) is 0 Å². The lowest BCUT2D eigenvalue weighted by Gasteiger charge is -2.44. The summed E-state index contributed by atoms with van der Waals surface area (Å²) in [5.74, 6) is -0.325. The largest absolute Gasteiger partial charge is 0.334 e. The fraction of sp³-hybridized carbons (Fsp3) is 0.318. The van der Waals surface area contributed by atoms with E-state index in [2.05, 4.69) is 11.8 Å². The number of amides is 1. The number of carbonyl (C=O) groups excluding carboxylic acids is 1. The van der Waals surface area contributed by atoms with E-state index in [4.69, 9.17) is 0 Å². The SMILES string of the molecule is CC1CN(C(=O)C=Cc2ccc([N+](=O)[O-])cc2)C(C)CN1Cc1ccc(F)cc1. The molecule has 0 radical (unpaired) electrons. The molecule has 0 N–H and O–H groups in total. The molecule has 0 bridgehead atoms. The molecule has 2 aromatic carbocycles. The number of carbonyl (C=O) groups is 1. The van der Waals surface area contributed by atoms with Crippen LogP contribution in [0, 0.1) is 15.9 Å². The maximum Gasteiger partial charge on any atom is 0.269 e. The zero-order valence-corrected chi connectivity index (χ0v) is 16.5. The Morgan fingerprint density at radius 1 is 1.10 bits per heavy atom. The molecule has 1 fully saturated rings. The van der Waals surface area contributed by atoms with Gasteiger partial charge in [-0.05, 0) is 55.3 Å². The lowest BCUT2D eigenvalue weighted by atomic mass is 10.1. The van der Waals surface area contributed by atoms with Gasteiger partial charge in [0.05, 0.1) is 4.92 Å². The highest BCUT2D eigenvalue weighted by Crippen LogP contribution is 2.19. The summed E-state index contributed by atoms with van der Waals surface area (Å²) in [5.41, 5.74) is 1.80. The van der Waals surface area contributed by atoms with Crippen LogP contribution in [-0.4, -0.2) is 45.8 Å². The third-order valence-electron chi connectivity index (χ3n) is 5.22. The van der Waals surface area contributed by atoms with Crippen molar-refractivity contribution in [2.45, 2.75) is 32.5 Å². The minimum atomic E-state index is -0.451. The first-order valence-corrected chi connectivity index (χ1v) is 9.55. The van der Waals surface area contributed by atoms with Gasteiger partial charge in [0, 0.05) is 49.9 Å². The van der Waals surface area contributed by atoms with Crippen molar-refractivity contribution in [2.75, 3.05) is 13.1 Å². The molecule has 1 amide bonds. The number of rotatable bonds is 5. The van der Waals surface area contributed by atoms with E-state index in [1.807, 2.05) is 11.8 Å². The van der Waals surface area contributed by atoms with Gasteiger partial charge in [0.15, 0.2) is 0 Å². The standard InChI is InChI=1S/C22H24FN3O3/c1-16-14-25(17(2)13-24(16)15-19-3-8-20(23)9-4-19)22(27)12-7-18-5-10-21(11-6-18)26(28)29/h3-12,16-17H,13-15H2,1-2H3. The minimum absolute atomic E-state index is 0.0215. The monoisotopic (exact) mass is 397 g/mol. The maximum atomic E-state index is 13.1. The van der Waals surface area contributed by atoms with Crippen LogP contribution in [0.4, 0.5) is 10.1 Å². The maximum absolute atomic E-state index is 13.1. The first kappa shape index (κ1) is 20.7. The van der Waals surface area contributed by atoms with Crippen LogP contribution in [0.15, 0.2) is 54.6 Å². The van der Waals surface area contributed by atoms with Crippen molar-refractivity contribution in [3.63, 3.8) is 0 Å². The number of halogens is 1. The van der Waals surface area contributed by atoms with Crippen LogP contribution in [-0.2, 0) is 11.3 Å². The Morgan fingerprint density at radius 2 is 1.76 bits per heavy atom. The molecular weight excluding hydrogens is 373 g/mol. The van der Waals surface area contributed by atoms with Gasteiger partial charge in [-0.2, -0.15) is 0 Å². The van der Waals surface area contributed by atoms with Crippen LogP contribution in [0.2, 0.25) is 0 Å². The summed E-state index contributed by atoms with van der Waals surface area (Å²) in [6, 6.07) is 12.8. The topological polar surface area (TPSA) is 66.7 Å².